The Morgan fingerprint density at radius 3 is 2.74 bits per heavy atom. The Hall–Kier alpha value is -2.00. The Morgan fingerprint density at radius 2 is 2.07 bits per heavy atom. The Bertz CT molecular complexity index is 790. The van der Waals surface area contributed by atoms with Gasteiger partial charge in [-0.1, -0.05) is 12.1 Å². The highest BCUT2D eigenvalue weighted by molar-refractivity contribution is 7.11. The first kappa shape index (κ1) is 21.3. The molecule has 0 aliphatic carbocycles. The molecule has 0 aliphatic rings. The van der Waals surface area contributed by atoms with Crippen LogP contribution in [0.15, 0.2) is 18.2 Å². The number of thiazole rings is 1. The van der Waals surface area contributed by atoms with Gasteiger partial charge in [-0.2, -0.15) is 13.2 Å². The van der Waals surface area contributed by atoms with Crippen molar-refractivity contribution in [2.45, 2.75) is 39.4 Å². The number of aryl methyl sites for hydroxylation is 2. The highest BCUT2D eigenvalue weighted by Crippen LogP contribution is 2.32. The lowest BCUT2D eigenvalue weighted by Gasteiger charge is -2.11. The second kappa shape index (κ2) is 9.27. The third-order valence-corrected chi connectivity index (χ3v) is 4.74. The molecule has 0 amide bonds. The summed E-state index contributed by atoms with van der Waals surface area (Å²) in [6.07, 6.45) is -4.04. The highest BCUT2D eigenvalue weighted by atomic mass is 32.1. The largest absolute Gasteiger partial charge is 0.461 e. The number of carbonyl (C=O) groups excluding carboxylic acids is 1. The van der Waals surface area contributed by atoms with Crippen LogP contribution in [0.4, 0.5) is 17.6 Å². The maximum atomic E-state index is 13.9. The van der Waals surface area contributed by atoms with Crippen molar-refractivity contribution in [3.8, 4) is 0 Å². The van der Waals surface area contributed by atoms with Gasteiger partial charge in [0.1, 0.15) is 10.8 Å². The fraction of sp³-hybridized carbons (Fsp3) is 0.444. The maximum absolute atomic E-state index is 13.9. The smallest absolute Gasteiger partial charge is 0.419 e. The van der Waals surface area contributed by atoms with Gasteiger partial charge in [0, 0.05) is 11.4 Å². The molecule has 1 heterocycles. The third kappa shape index (κ3) is 5.74. The van der Waals surface area contributed by atoms with Crippen molar-refractivity contribution in [2.75, 3.05) is 13.2 Å². The molecule has 0 radical (unpaired) electrons. The summed E-state index contributed by atoms with van der Waals surface area (Å²) >= 11 is 1.37. The fourth-order valence-corrected chi connectivity index (χ4v) is 3.40. The van der Waals surface area contributed by atoms with E-state index < -0.39 is 23.5 Å². The number of halogens is 4. The number of rotatable bonds is 8. The third-order valence-electron chi connectivity index (χ3n) is 3.77. The van der Waals surface area contributed by atoms with E-state index in [1.54, 1.807) is 13.8 Å². The van der Waals surface area contributed by atoms with Crippen molar-refractivity contribution >= 4 is 17.3 Å². The van der Waals surface area contributed by atoms with Gasteiger partial charge in [-0.05, 0) is 44.9 Å². The second-order valence-corrected chi connectivity index (χ2v) is 7.08. The van der Waals surface area contributed by atoms with Crippen LogP contribution in [0.25, 0.3) is 0 Å². The minimum atomic E-state index is -4.70. The van der Waals surface area contributed by atoms with Crippen molar-refractivity contribution in [1.29, 1.82) is 0 Å². The number of aromatic nitrogens is 1. The van der Waals surface area contributed by atoms with Gasteiger partial charge in [-0.3, -0.25) is 0 Å². The summed E-state index contributed by atoms with van der Waals surface area (Å²) < 4.78 is 57.0. The monoisotopic (exact) mass is 404 g/mol. The van der Waals surface area contributed by atoms with Crippen molar-refractivity contribution in [3.63, 3.8) is 0 Å². The fourth-order valence-electron chi connectivity index (χ4n) is 2.51. The lowest BCUT2D eigenvalue weighted by atomic mass is 10.0. The predicted molar refractivity (Wildman–Crippen MR) is 94.2 cm³/mol. The van der Waals surface area contributed by atoms with Gasteiger partial charge in [-0.15, -0.1) is 11.3 Å². The van der Waals surface area contributed by atoms with E-state index >= 15 is 0 Å². The molecular weight excluding hydrogens is 384 g/mol. The minimum Gasteiger partial charge on any atom is -0.461 e. The maximum Gasteiger partial charge on any atom is 0.419 e. The Morgan fingerprint density at radius 1 is 1.33 bits per heavy atom. The summed E-state index contributed by atoms with van der Waals surface area (Å²) in [5.74, 6) is -1.67. The van der Waals surface area contributed by atoms with Gasteiger partial charge in [0.25, 0.3) is 0 Å². The molecule has 1 aromatic carbocycles. The molecular formula is C18H20F4N2O2S. The zero-order valence-corrected chi connectivity index (χ0v) is 15.8. The number of ether oxygens (including phenoxy) is 1. The van der Waals surface area contributed by atoms with E-state index in [0.29, 0.717) is 30.2 Å². The van der Waals surface area contributed by atoms with E-state index in [1.165, 1.54) is 23.5 Å². The lowest BCUT2D eigenvalue weighted by Crippen LogP contribution is -2.16. The summed E-state index contributed by atoms with van der Waals surface area (Å²) in [6.45, 7) is 4.66. The average molecular weight is 404 g/mol. The molecule has 0 unspecified atom stereocenters. The minimum absolute atomic E-state index is 0.0429. The first-order valence-corrected chi connectivity index (χ1v) is 9.24. The molecule has 0 atom stereocenters. The van der Waals surface area contributed by atoms with Gasteiger partial charge in [0.15, 0.2) is 5.69 Å². The molecule has 2 rings (SSSR count). The number of nitrogens with zero attached hydrogens (tertiary/aromatic N) is 1. The van der Waals surface area contributed by atoms with Crippen LogP contribution >= 0.6 is 11.3 Å². The van der Waals surface area contributed by atoms with E-state index in [9.17, 15) is 22.4 Å². The summed E-state index contributed by atoms with van der Waals surface area (Å²) in [4.78, 5) is 16.7. The second-order valence-electron chi connectivity index (χ2n) is 5.79. The molecule has 0 fully saturated rings. The van der Waals surface area contributed by atoms with Crippen LogP contribution in [0.5, 0.6) is 0 Å². The van der Waals surface area contributed by atoms with Gasteiger partial charge >= 0.3 is 12.1 Å². The summed E-state index contributed by atoms with van der Waals surface area (Å²) in [5.41, 5.74) is -0.899. The zero-order chi connectivity index (χ0) is 20.0. The first-order valence-electron chi connectivity index (χ1n) is 8.42. The number of alkyl halides is 3. The molecule has 0 bridgehead atoms. The summed E-state index contributed by atoms with van der Waals surface area (Å²) in [6, 6.07) is 3.31. The van der Waals surface area contributed by atoms with E-state index in [-0.39, 0.29) is 18.6 Å². The van der Waals surface area contributed by atoms with Crippen molar-refractivity contribution < 1.29 is 27.1 Å². The van der Waals surface area contributed by atoms with Crippen LogP contribution in [0.3, 0.4) is 0 Å². The molecule has 9 heteroatoms. The number of hydrogen-bond donors (Lipinski definition) is 1. The number of hydrogen-bond acceptors (Lipinski definition) is 5. The standard InChI is InChI=1S/C18H20F4N2O2S/c1-3-26-17(25)16-11(2)27-14(24-16)10-23-9-5-7-12-6-4-8-13(15(12)19)18(20,21)22/h4,6,8,23H,3,5,7,9-10H2,1-2H3. The summed E-state index contributed by atoms with van der Waals surface area (Å²) in [5, 5.41) is 3.81. The zero-order valence-electron chi connectivity index (χ0n) is 15.0. The van der Waals surface area contributed by atoms with Crippen molar-refractivity contribution in [2.24, 2.45) is 0 Å². The Balaban J connectivity index is 1.83. The van der Waals surface area contributed by atoms with Crippen molar-refractivity contribution in [3.05, 3.63) is 50.7 Å². The van der Waals surface area contributed by atoms with Crippen LogP contribution in [-0.2, 0) is 23.9 Å². The quantitative estimate of drug-likeness (QED) is 0.400. The molecule has 1 aromatic heterocycles. The molecule has 1 N–H and O–H groups in total. The molecule has 0 saturated heterocycles. The lowest BCUT2D eigenvalue weighted by molar-refractivity contribution is -0.140. The van der Waals surface area contributed by atoms with Gasteiger partial charge in [0.2, 0.25) is 0 Å². The molecule has 148 valence electrons. The number of carbonyl (C=O) groups is 1. The summed E-state index contributed by atoms with van der Waals surface area (Å²) in [7, 11) is 0. The van der Waals surface area contributed by atoms with E-state index in [2.05, 4.69) is 10.3 Å². The van der Waals surface area contributed by atoms with Gasteiger partial charge in [-0.25, -0.2) is 14.2 Å². The molecule has 2 aromatic rings. The molecule has 27 heavy (non-hydrogen) atoms. The van der Waals surface area contributed by atoms with Crippen LogP contribution in [0.1, 0.15) is 44.8 Å². The van der Waals surface area contributed by atoms with Crippen LogP contribution in [0.2, 0.25) is 0 Å². The number of benzene rings is 1. The van der Waals surface area contributed by atoms with E-state index in [0.717, 1.165) is 10.9 Å². The van der Waals surface area contributed by atoms with Crippen molar-refractivity contribution in [1.82, 2.24) is 10.3 Å². The van der Waals surface area contributed by atoms with Crippen LogP contribution in [-0.4, -0.2) is 24.1 Å². The van der Waals surface area contributed by atoms with E-state index in [1.807, 2.05) is 0 Å². The molecule has 4 nitrogen and oxygen atoms in total. The van der Waals surface area contributed by atoms with Crippen LogP contribution in [0, 0.1) is 12.7 Å². The molecule has 0 saturated carbocycles. The van der Waals surface area contributed by atoms with Gasteiger partial charge in [0.05, 0.1) is 12.2 Å². The Kier molecular flexibility index (Phi) is 7.32. The number of nitrogens with one attached hydrogen (secondary N) is 1. The highest BCUT2D eigenvalue weighted by Gasteiger charge is 2.34. The van der Waals surface area contributed by atoms with Crippen LogP contribution < -0.4 is 5.32 Å². The first-order chi connectivity index (χ1) is 12.7. The Labute approximate surface area is 158 Å². The average Bonchev–Trinajstić information content (AvgIpc) is 2.96. The normalized spacial score (nSPS) is 11.6. The van der Waals surface area contributed by atoms with E-state index in [4.69, 9.17) is 4.74 Å². The van der Waals surface area contributed by atoms with Gasteiger partial charge < -0.3 is 10.1 Å². The predicted octanol–water partition coefficient (Wildman–Crippen LogP) is 4.51. The topological polar surface area (TPSA) is 51.2 Å². The molecule has 0 spiro atoms. The SMILES string of the molecule is CCOC(=O)c1nc(CNCCCc2cccc(C(F)(F)F)c2F)sc1C. The molecule has 0 aliphatic heterocycles. The number of esters is 1.